The number of hydrogen-bond donors (Lipinski definition) is 1. The molecule has 16 nitrogen and oxygen atoms in total. The number of carbonyl (C=O) groups is 3. The zero-order chi connectivity index (χ0) is 45.6. The molecule has 3 atom stereocenters. The molecule has 0 spiro atoms. The van der Waals surface area contributed by atoms with Crippen molar-refractivity contribution in [2.24, 2.45) is 0 Å². The minimum absolute atomic E-state index is 0.0451. The van der Waals surface area contributed by atoms with Crippen molar-refractivity contribution in [3.63, 3.8) is 0 Å². The Morgan fingerprint density at radius 1 is 0.730 bits per heavy atom. The SMILES string of the molecule is CCSC(SCC)[C@@H]1CCCN1C(=O)c1cc(OC)c(OCC(=O)N[C@H]2C[C@@H](C(SCC)SCC)N(C(=O)c3cc(OC)c(OCc4ccccc4)cc3[N+](=O)[O-])C2)cc1[N+](=O)[O-]. The van der Waals surface area contributed by atoms with Gasteiger partial charge in [0.25, 0.3) is 29.1 Å². The van der Waals surface area contributed by atoms with Crippen LogP contribution >= 0.6 is 47.0 Å². The number of hydrogen-bond acceptors (Lipinski definition) is 15. The standard InChI is InChI=1S/C43H55N5O11S4/c1-7-60-42(61-8-2)31-17-14-18-45(31)40(50)29-20-36(57-6)38(23-32(29)47(52)53)59-26-39(49)44-28-19-34(43(62-9-3)63-10-4)46(24-28)41(51)30-21-35(56-5)37(22-33(30)48(54)55)58-25-27-15-12-11-13-16-27/h11-13,15-16,20-23,28,31,34,42-43H,7-10,14,17-19,24-26H2,1-6H3,(H,44,49)/t28-,31-,34-/m0/s1. The van der Waals surface area contributed by atoms with Crippen LogP contribution in [0, 0.1) is 20.2 Å². The molecule has 2 saturated heterocycles. The van der Waals surface area contributed by atoms with E-state index in [-0.39, 0.29) is 62.5 Å². The number of likely N-dealkylation sites (tertiary alicyclic amines) is 2. The fourth-order valence-corrected chi connectivity index (χ4v) is 13.4. The summed E-state index contributed by atoms with van der Waals surface area (Å²) in [5.74, 6) is 1.84. The van der Waals surface area contributed by atoms with Crippen LogP contribution in [0.1, 0.15) is 73.2 Å². The maximum absolute atomic E-state index is 14.5. The van der Waals surface area contributed by atoms with Crippen molar-refractivity contribution in [2.45, 2.75) is 80.9 Å². The van der Waals surface area contributed by atoms with Crippen molar-refractivity contribution in [3.05, 3.63) is 91.5 Å². The quantitative estimate of drug-likeness (QED) is 0.0544. The number of methoxy groups -OCH3 is 2. The Balaban J connectivity index is 1.35. The topological polar surface area (TPSA) is 193 Å². The smallest absolute Gasteiger partial charge is 0.286 e. The number of carbonyl (C=O) groups excluding carboxylic acids is 3. The zero-order valence-corrected chi connectivity index (χ0v) is 39.5. The maximum atomic E-state index is 14.5. The number of nitro benzene ring substituents is 2. The van der Waals surface area contributed by atoms with E-state index in [0.717, 1.165) is 47.5 Å². The Morgan fingerprint density at radius 2 is 1.24 bits per heavy atom. The van der Waals surface area contributed by atoms with Crippen molar-refractivity contribution in [1.29, 1.82) is 0 Å². The third kappa shape index (κ3) is 12.4. The molecule has 2 aliphatic rings. The van der Waals surface area contributed by atoms with E-state index in [1.165, 1.54) is 32.4 Å². The van der Waals surface area contributed by atoms with Gasteiger partial charge in [-0.1, -0.05) is 58.0 Å². The Bertz CT molecular complexity index is 2070. The van der Waals surface area contributed by atoms with Crippen molar-refractivity contribution in [2.75, 3.05) is 56.9 Å². The van der Waals surface area contributed by atoms with Crippen LogP contribution in [0.4, 0.5) is 11.4 Å². The van der Waals surface area contributed by atoms with Crippen LogP contribution < -0.4 is 24.3 Å². The second kappa shape index (κ2) is 24.0. The molecule has 1 N–H and O–H groups in total. The van der Waals surface area contributed by atoms with Crippen LogP contribution in [-0.2, 0) is 11.4 Å². The van der Waals surface area contributed by atoms with Gasteiger partial charge in [0, 0.05) is 31.3 Å². The van der Waals surface area contributed by atoms with Gasteiger partial charge < -0.3 is 34.1 Å². The van der Waals surface area contributed by atoms with Crippen LogP contribution in [0.5, 0.6) is 23.0 Å². The molecule has 2 heterocycles. The Hall–Kier alpha value is -4.53. The minimum Gasteiger partial charge on any atom is -0.493 e. The lowest BCUT2D eigenvalue weighted by Gasteiger charge is -2.31. The van der Waals surface area contributed by atoms with E-state index in [9.17, 15) is 34.6 Å². The number of thioether (sulfide) groups is 4. The summed E-state index contributed by atoms with van der Waals surface area (Å²) in [6.07, 6.45) is 1.94. The molecule has 0 aromatic heterocycles. The molecule has 3 amide bonds. The first-order chi connectivity index (χ1) is 30.4. The largest absolute Gasteiger partial charge is 0.493 e. The van der Waals surface area contributed by atoms with Crippen molar-refractivity contribution >= 4 is 76.1 Å². The zero-order valence-electron chi connectivity index (χ0n) is 36.3. The van der Waals surface area contributed by atoms with Gasteiger partial charge in [-0.05, 0) is 47.8 Å². The molecule has 20 heteroatoms. The lowest BCUT2D eigenvalue weighted by molar-refractivity contribution is -0.385. The summed E-state index contributed by atoms with van der Waals surface area (Å²) >= 11 is 6.82. The summed E-state index contributed by atoms with van der Waals surface area (Å²) < 4.78 is 22.9. The molecule has 342 valence electrons. The lowest BCUT2D eigenvalue weighted by Crippen LogP contribution is -2.42. The highest BCUT2D eigenvalue weighted by atomic mass is 32.2. The van der Waals surface area contributed by atoms with E-state index in [1.54, 1.807) is 56.8 Å². The third-order valence-electron chi connectivity index (χ3n) is 10.5. The molecule has 0 unspecified atom stereocenters. The van der Waals surface area contributed by atoms with E-state index in [4.69, 9.17) is 18.9 Å². The van der Waals surface area contributed by atoms with Crippen LogP contribution in [0.3, 0.4) is 0 Å². The monoisotopic (exact) mass is 945 g/mol. The Labute approximate surface area is 384 Å². The van der Waals surface area contributed by atoms with Crippen LogP contribution in [-0.4, -0.2) is 122 Å². The molecule has 63 heavy (non-hydrogen) atoms. The second-order valence-electron chi connectivity index (χ2n) is 14.4. The third-order valence-corrected chi connectivity index (χ3v) is 16.0. The van der Waals surface area contributed by atoms with Gasteiger partial charge in [-0.3, -0.25) is 34.6 Å². The van der Waals surface area contributed by atoms with E-state index in [2.05, 4.69) is 19.2 Å². The predicted octanol–water partition coefficient (Wildman–Crippen LogP) is 8.15. The van der Waals surface area contributed by atoms with E-state index >= 15 is 0 Å². The minimum atomic E-state index is -0.641. The van der Waals surface area contributed by atoms with Gasteiger partial charge in [0.2, 0.25) is 0 Å². The molecule has 0 saturated carbocycles. The summed E-state index contributed by atoms with van der Waals surface area (Å²) in [5.41, 5.74) is -0.377. The summed E-state index contributed by atoms with van der Waals surface area (Å²) in [6.45, 7) is 8.24. The first kappa shape index (κ1) is 49.5. The van der Waals surface area contributed by atoms with Gasteiger partial charge in [-0.25, -0.2) is 0 Å². The molecule has 2 aliphatic heterocycles. The summed E-state index contributed by atoms with van der Waals surface area (Å²) in [7, 11) is 2.74. The highest BCUT2D eigenvalue weighted by Crippen LogP contribution is 2.42. The molecule has 0 bridgehead atoms. The predicted molar refractivity (Wildman–Crippen MR) is 251 cm³/mol. The van der Waals surface area contributed by atoms with Gasteiger partial charge in [0.05, 0.1) is 57.4 Å². The van der Waals surface area contributed by atoms with Crippen molar-refractivity contribution in [1.82, 2.24) is 15.1 Å². The number of nitrogens with one attached hydrogen (secondary N) is 1. The fraction of sp³-hybridized carbons (Fsp3) is 0.512. The van der Waals surface area contributed by atoms with Crippen LogP contribution in [0.25, 0.3) is 0 Å². The highest BCUT2D eigenvalue weighted by Gasteiger charge is 2.43. The average Bonchev–Trinajstić information content (AvgIpc) is 3.94. The van der Waals surface area contributed by atoms with Gasteiger partial charge >= 0.3 is 0 Å². The van der Waals surface area contributed by atoms with Crippen molar-refractivity contribution in [3.8, 4) is 23.0 Å². The van der Waals surface area contributed by atoms with E-state index < -0.39 is 57.6 Å². The Kier molecular flexibility index (Phi) is 18.8. The number of benzene rings is 3. The number of rotatable bonds is 23. The van der Waals surface area contributed by atoms with E-state index in [0.29, 0.717) is 13.0 Å². The number of nitrogens with zero attached hydrogens (tertiary/aromatic N) is 4. The summed E-state index contributed by atoms with van der Waals surface area (Å²) in [4.78, 5) is 68.9. The number of ether oxygens (including phenoxy) is 4. The maximum Gasteiger partial charge on any atom is 0.286 e. The van der Waals surface area contributed by atoms with E-state index in [1.807, 2.05) is 44.2 Å². The first-order valence-corrected chi connectivity index (χ1v) is 25.0. The first-order valence-electron chi connectivity index (χ1n) is 20.8. The number of amides is 3. The van der Waals surface area contributed by atoms with Crippen LogP contribution in [0.15, 0.2) is 54.6 Å². The van der Waals surface area contributed by atoms with Gasteiger partial charge in [0.15, 0.2) is 29.6 Å². The average molecular weight is 946 g/mol. The van der Waals surface area contributed by atoms with Gasteiger partial charge in [-0.15, -0.1) is 47.0 Å². The molecule has 0 aliphatic carbocycles. The highest BCUT2D eigenvalue weighted by molar-refractivity contribution is 8.17. The summed E-state index contributed by atoms with van der Waals surface area (Å²) in [6, 6.07) is 13.2. The molecule has 3 aromatic carbocycles. The molecular weight excluding hydrogens is 891 g/mol. The molecule has 2 fully saturated rings. The number of nitro groups is 2. The van der Waals surface area contributed by atoms with Gasteiger partial charge in [-0.2, -0.15) is 0 Å². The molecule has 0 radical (unpaired) electrons. The van der Waals surface area contributed by atoms with Crippen molar-refractivity contribution < 1.29 is 43.2 Å². The normalized spacial score (nSPS) is 17.2. The fourth-order valence-electron chi connectivity index (χ4n) is 7.73. The summed E-state index contributed by atoms with van der Waals surface area (Å²) in [5, 5.41) is 27.8. The molecular formula is C43H55N5O11S4. The lowest BCUT2D eigenvalue weighted by atomic mass is 10.1. The van der Waals surface area contributed by atoms with Crippen LogP contribution in [0.2, 0.25) is 0 Å². The van der Waals surface area contributed by atoms with Gasteiger partial charge in [0.1, 0.15) is 17.7 Å². The second-order valence-corrected chi connectivity index (χ2v) is 20.7. The molecule has 5 rings (SSSR count). The Morgan fingerprint density at radius 3 is 1.75 bits per heavy atom. The molecule has 3 aromatic rings.